The molecule has 0 radical (unpaired) electrons. The third-order valence-corrected chi connectivity index (χ3v) is 2.61. The van der Waals surface area contributed by atoms with Gasteiger partial charge in [0.1, 0.15) is 6.54 Å². The molecule has 0 saturated heterocycles. The smallest absolute Gasteiger partial charge is 0.246 e. The van der Waals surface area contributed by atoms with Crippen molar-refractivity contribution in [2.24, 2.45) is 0 Å². The lowest BCUT2D eigenvalue weighted by atomic mass is 10.1. The number of hydrogen-bond acceptors (Lipinski definition) is 4. The first-order valence-corrected chi connectivity index (χ1v) is 6.53. The number of aliphatic hydroxyl groups is 1. The summed E-state index contributed by atoms with van der Waals surface area (Å²) in [5.41, 5.74) is 2.50. The van der Waals surface area contributed by atoms with E-state index in [1.54, 1.807) is 12.3 Å². The van der Waals surface area contributed by atoms with E-state index in [-0.39, 0.29) is 19.1 Å². The number of anilines is 1. The third kappa shape index (κ3) is 4.75. The molecule has 6 heteroatoms. The summed E-state index contributed by atoms with van der Waals surface area (Å²) in [6, 6.07) is 5.60. The van der Waals surface area contributed by atoms with Crippen LogP contribution in [-0.2, 0) is 11.3 Å². The molecule has 0 fully saturated rings. The second kappa shape index (κ2) is 7.22. The molecule has 2 N–H and O–H groups in total. The van der Waals surface area contributed by atoms with Crippen molar-refractivity contribution >= 4 is 11.6 Å². The quantitative estimate of drug-likeness (QED) is 0.820. The zero-order valence-corrected chi connectivity index (χ0v) is 11.7. The Morgan fingerprint density at radius 2 is 2.29 bits per heavy atom. The molecule has 0 aliphatic carbocycles. The van der Waals surface area contributed by atoms with E-state index in [9.17, 15) is 4.79 Å². The first-order chi connectivity index (χ1) is 10.2. The van der Waals surface area contributed by atoms with E-state index in [1.807, 2.05) is 19.1 Å². The van der Waals surface area contributed by atoms with Crippen LogP contribution in [0.1, 0.15) is 17.5 Å². The summed E-state index contributed by atoms with van der Waals surface area (Å²) in [4.78, 5) is 11.9. The fourth-order valence-corrected chi connectivity index (χ4v) is 1.81. The highest BCUT2D eigenvalue weighted by atomic mass is 16.2. The third-order valence-electron chi connectivity index (χ3n) is 2.61. The number of aliphatic hydroxyl groups excluding tert-OH is 1. The van der Waals surface area contributed by atoms with E-state index in [4.69, 9.17) is 5.11 Å². The topological polar surface area (TPSA) is 80.0 Å². The molecular weight excluding hydrogens is 268 g/mol. The fourth-order valence-electron chi connectivity index (χ4n) is 1.81. The lowest BCUT2D eigenvalue weighted by molar-refractivity contribution is -0.116. The van der Waals surface area contributed by atoms with Gasteiger partial charge in [0.15, 0.2) is 0 Å². The van der Waals surface area contributed by atoms with Crippen LogP contribution in [-0.4, -0.2) is 32.6 Å². The number of aromatic nitrogens is 3. The van der Waals surface area contributed by atoms with E-state index in [2.05, 4.69) is 27.5 Å². The Morgan fingerprint density at radius 1 is 1.43 bits per heavy atom. The van der Waals surface area contributed by atoms with E-state index < -0.39 is 0 Å². The van der Waals surface area contributed by atoms with Gasteiger partial charge in [0.05, 0.1) is 12.8 Å². The summed E-state index contributed by atoms with van der Waals surface area (Å²) in [6.45, 7) is 2.09. The Labute approximate surface area is 122 Å². The van der Waals surface area contributed by atoms with Gasteiger partial charge >= 0.3 is 0 Å². The van der Waals surface area contributed by atoms with E-state index in [0.717, 1.165) is 11.1 Å². The van der Waals surface area contributed by atoms with Gasteiger partial charge in [-0.05, 0) is 30.7 Å². The molecule has 0 atom stereocenters. The van der Waals surface area contributed by atoms with Crippen LogP contribution in [0.3, 0.4) is 0 Å². The number of carbonyl (C=O) groups is 1. The molecule has 2 aromatic rings. The predicted octanol–water partition coefficient (Wildman–Crippen LogP) is 0.959. The van der Waals surface area contributed by atoms with Gasteiger partial charge in [0, 0.05) is 23.9 Å². The number of amides is 1. The van der Waals surface area contributed by atoms with Crippen LogP contribution in [0.2, 0.25) is 0 Å². The zero-order valence-electron chi connectivity index (χ0n) is 11.7. The summed E-state index contributed by atoms with van der Waals surface area (Å²) < 4.78 is 1.45. The van der Waals surface area contributed by atoms with Crippen molar-refractivity contribution in [3.05, 3.63) is 41.7 Å². The standard InChI is InChI=1S/C15H16N4O2/c1-12-8-13(4-2-3-7-20)10-14(9-12)17-15(21)11-19-6-5-16-18-19/h5-6,8-10,20H,3,7,11H2,1H3,(H,17,21). The summed E-state index contributed by atoms with van der Waals surface area (Å²) in [5, 5.41) is 18.9. The Balaban J connectivity index is 2.06. The SMILES string of the molecule is Cc1cc(C#CCCO)cc(NC(=O)Cn2ccnn2)c1. The van der Waals surface area contributed by atoms with Crippen molar-refractivity contribution in [3.8, 4) is 11.8 Å². The molecule has 0 unspecified atom stereocenters. The average Bonchev–Trinajstić information content (AvgIpc) is 2.91. The van der Waals surface area contributed by atoms with E-state index in [0.29, 0.717) is 12.1 Å². The van der Waals surface area contributed by atoms with E-state index >= 15 is 0 Å². The lowest BCUT2D eigenvalue weighted by Crippen LogP contribution is -2.19. The maximum absolute atomic E-state index is 11.9. The van der Waals surface area contributed by atoms with Gasteiger partial charge < -0.3 is 10.4 Å². The number of nitrogens with zero attached hydrogens (tertiary/aromatic N) is 3. The number of carbonyl (C=O) groups excluding carboxylic acids is 1. The second-order valence-electron chi connectivity index (χ2n) is 4.51. The molecule has 2 rings (SSSR count). The van der Waals surface area contributed by atoms with Crippen LogP contribution < -0.4 is 5.32 Å². The minimum atomic E-state index is -0.180. The van der Waals surface area contributed by atoms with Gasteiger partial charge in [-0.2, -0.15) is 0 Å². The molecule has 108 valence electrons. The number of aryl methyl sites for hydroxylation is 1. The zero-order chi connectivity index (χ0) is 15.1. The van der Waals surface area contributed by atoms with Gasteiger partial charge in [-0.3, -0.25) is 4.79 Å². The Bertz CT molecular complexity index is 669. The molecule has 6 nitrogen and oxygen atoms in total. The Morgan fingerprint density at radius 3 is 3.00 bits per heavy atom. The number of rotatable bonds is 4. The number of nitrogens with one attached hydrogen (secondary N) is 1. The normalized spacial score (nSPS) is 9.81. The average molecular weight is 284 g/mol. The Kier molecular flexibility index (Phi) is 5.07. The molecular formula is C15H16N4O2. The highest BCUT2D eigenvalue weighted by Crippen LogP contribution is 2.14. The van der Waals surface area contributed by atoms with Crippen molar-refractivity contribution in [1.82, 2.24) is 15.0 Å². The predicted molar refractivity (Wildman–Crippen MR) is 78.4 cm³/mol. The molecule has 1 amide bonds. The van der Waals surface area contributed by atoms with Crippen molar-refractivity contribution in [2.45, 2.75) is 19.9 Å². The van der Waals surface area contributed by atoms with Crippen LogP contribution >= 0.6 is 0 Å². The largest absolute Gasteiger partial charge is 0.395 e. The van der Waals surface area contributed by atoms with E-state index in [1.165, 1.54) is 10.9 Å². The Hall–Kier alpha value is -2.65. The number of benzene rings is 1. The van der Waals surface area contributed by atoms with Gasteiger partial charge in [-0.25, -0.2) is 4.68 Å². The fraction of sp³-hybridized carbons (Fsp3) is 0.267. The van der Waals surface area contributed by atoms with Crippen molar-refractivity contribution in [2.75, 3.05) is 11.9 Å². The minimum Gasteiger partial charge on any atom is -0.395 e. The first kappa shape index (κ1) is 14.8. The highest BCUT2D eigenvalue weighted by molar-refractivity contribution is 5.90. The summed E-state index contributed by atoms with van der Waals surface area (Å²) in [7, 11) is 0. The van der Waals surface area contributed by atoms with Crippen molar-refractivity contribution in [3.63, 3.8) is 0 Å². The van der Waals surface area contributed by atoms with Gasteiger partial charge in [-0.15, -0.1) is 5.10 Å². The van der Waals surface area contributed by atoms with Crippen LogP contribution in [0, 0.1) is 18.8 Å². The molecule has 1 aromatic heterocycles. The van der Waals surface area contributed by atoms with Crippen LogP contribution in [0.15, 0.2) is 30.6 Å². The molecule has 0 aliphatic rings. The molecule has 0 saturated carbocycles. The van der Waals surface area contributed by atoms with Gasteiger partial charge in [0.2, 0.25) is 5.91 Å². The van der Waals surface area contributed by atoms with Gasteiger partial charge in [-0.1, -0.05) is 17.1 Å². The maximum Gasteiger partial charge on any atom is 0.246 e. The van der Waals surface area contributed by atoms with Crippen LogP contribution in [0.25, 0.3) is 0 Å². The monoisotopic (exact) mass is 284 g/mol. The second-order valence-corrected chi connectivity index (χ2v) is 4.51. The minimum absolute atomic E-state index is 0.0420. The maximum atomic E-state index is 11.9. The molecule has 1 heterocycles. The highest BCUT2D eigenvalue weighted by Gasteiger charge is 2.05. The summed E-state index contributed by atoms with van der Waals surface area (Å²) in [6.07, 6.45) is 3.58. The summed E-state index contributed by atoms with van der Waals surface area (Å²) in [5.74, 6) is 5.64. The molecule has 21 heavy (non-hydrogen) atoms. The summed E-state index contributed by atoms with van der Waals surface area (Å²) >= 11 is 0. The van der Waals surface area contributed by atoms with Gasteiger partial charge in [0.25, 0.3) is 0 Å². The first-order valence-electron chi connectivity index (χ1n) is 6.53. The van der Waals surface area contributed by atoms with Crippen molar-refractivity contribution < 1.29 is 9.90 Å². The van der Waals surface area contributed by atoms with Crippen molar-refractivity contribution in [1.29, 1.82) is 0 Å². The lowest BCUT2D eigenvalue weighted by Gasteiger charge is -2.07. The number of hydrogen-bond donors (Lipinski definition) is 2. The molecule has 1 aromatic carbocycles. The molecule has 0 aliphatic heterocycles. The van der Waals surface area contributed by atoms with Crippen LogP contribution in [0.5, 0.6) is 0 Å². The van der Waals surface area contributed by atoms with Crippen LogP contribution in [0.4, 0.5) is 5.69 Å². The molecule has 0 bridgehead atoms. The molecule has 0 spiro atoms.